The number of pyridine rings is 1. The molecule has 196 valence electrons. The fourth-order valence-electron chi connectivity index (χ4n) is 3.99. The minimum Gasteiger partial charge on any atom is -0.476 e. The van der Waals surface area contributed by atoms with Crippen molar-refractivity contribution < 1.29 is 27.5 Å². The van der Waals surface area contributed by atoms with Crippen molar-refractivity contribution in [2.45, 2.75) is 19.1 Å². The number of nitrogens with zero attached hydrogens (tertiary/aromatic N) is 1. The van der Waals surface area contributed by atoms with Crippen molar-refractivity contribution in [1.29, 1.82) is 5.41 Å². The number of aromatic carboxylic acids is 1. The average Bonchev–Trinajstić information content (AvgIpc) is 2.87. The molecular formula is C26H20ClF3N4O4. The van der Waals surface area contributed by atoms with Gasteiger partial charge < -0.3 is 25.6 Å². The van der Waals surface area contributed by atoms with Gasteiger partial charge in [0.1, 0.15) is 16.5 Å². The van der Waals surface area contributed by atoms with Crippen molar-refractivity contribution in [3.63, 3.8) is 0 Å². The molecule has 0 fully saturated rings. The van der Waals surface area contributed by atoms with Gasteiger partial charge in [0.05, 0.1) is 22.7 Å². The number of hydrogen-bond acceptors (Lipinski definition) is 7. The zero-order chi connectivity index (χ0) is 27.8. The number of rotatable bonds is 7. The van der Waals surface area contributed by atoms with Gasteiger partial charge >= 0.3 is 12.1 Å². The molecule has 0 aliphatic rings. The highest BCUT2D eigenvalue weighted by Gasteiger charge is 2.33. The minimum atomic E-state index is -4.76. The standard InChI is InChI=1S/C26H20ClF3N4O4/c1-12(33-18-5-6-22(27)34-23(18)25(36)37)16-8-15(26(28,29)30)9-17-20(35)10-21(38-24(16)17)13-3-4-14(11-31)19(7-13)32-2/h3-12,31-33H,1-2H3,(H,36,37). The summed E-state index contributed by atoms with van der Waals surface area (Å²) in [5.41, 5.74) is -0.658. The Morgan fingerprint density at radius 1 is 1.16 bits per heavy atom. The monoisotopic (exact) mass is 544 g/mol. The molecule has 4 aromatic rings. The molecule has 1 atom stereocenters. The highest BCUT2D eigenvalue weighted by molar-refractivity contribution is 6.29. The first-order valence-corrected chi connectivity index (χ1v) is 11.5. The fourth-order valence-corrected chi connectivity index (χ4v) is 4.14. The van der Waals surface area contributed by atoms with E-state index < -0.39 is 34.9 Å². The maximum atomic E-state index is 13.8. The number of carboxylic acids is 1. The summed E-state index contributed by atoms with van der Waals surface area (Å²) < 4.78 is 47.3. The number of benzene rings is 2. The van der Waals surface area contributed by atoms with Crippen LogP contribution in [0.4, 0.5) is 24.5 Å². The molecule has 0 saturated carbocycles. The van der Waals surface area contributed by atoms with E-state index in [1.54, 1.807) is 25.2 Å². The molecule has 0 aliphatic heterocycles. The number of anilines is 2. The lowest BCUT2D eigenvalue weighted by Gasteiger charge is -2.20. The normalized spacial score (nSPS) is 12.3. The Labute approximate surface area is 218 Å². The first-order chi connectivity index (χ1) is 17.9. The Morgan fingerprint density at radius 2 is 1.89 bits per heavy atom. The molecule has 0 radical (unpaired) electrons. The summed E-state index contributed by atoms with van der Waals surface area (Å²) in [7, 11) is 1.66. The summed E-state index contributed by atoms with van der Waals surface area (Å²) in [5.74, 6) is -1.29. The van der Waals surface area contributed by atoms with Crippen molar-refractivity contribution in [2.75, 3.05) is 17.7 Å². The van der Waals surface area contributed by atoms with Crippen molar-refractivity contribution >= 4 is 46.1 Å². The van der Waals surface area contributed by atoms with Crippen molar-refractivity contribution in [3.05, 3.63) is 86.3 Å². The molecule has 0 spiro atoms. The van der Waals surface area contributed by atoms with Crippen LogP contribution in [0.1, 0.15) is 40.1 Å². The van der Waals surface area contributed by atoms with Crippen LogP contribution in [0.5, 0.6) is 0 Å². The van der Waals surface area contributed by atoms with E-state index in [1.807, 2.05) is 0 Å². The molecule has 0 amide bonds. The third-order valence-corrected chi connectivity index (χ3v) is 6.06. The SMILES string of the molecule is CNc1cc(-c2cc(=O)c3cc(C(F)(F)F)cc(C(C)Nc4ccc(Cl)nc4C(=O)O)c3o2)ccc1C=N. The van der Waals surface area contributed by atoms with Gasteiger partial charge in [-0.2, -0.15) is 13.2 Å². The number of hydrogen-bond donors (Lipinski definition) is 4. The second kappa shape index (κ2) is 10.2. The molecule has 4 N–H and O–H groups in total. The van der Waals surface area contributed by atoms with Crippen molar-refractivity contribution in [3.8, 4) is 11.3 Å². The van der Waals surface area contributed by atoms with Gasteiger partial charge in [0, 0.05) is 41.7 Å². The van der Waals surface area contributed by atoms with Crippen molar-refractivity contribution in [1.82, 2.24) is 4.98 Å². The number of carboxylic acid groups (broad SMARTS) is 1. The maximum Gasteiger partial charge on any atom is 0.416 e. The van der Waals surface area contributed by atoms with Crippen molar-refractivity contribution in [2.24, 2.45) is 0 Å². The number of nitrogens with one attached hydrogen (secondary N) is 3. The Kier molecular flexibility index (Phi) is 7.14. The van der Waals surface area contributed by atoms with Crippen LogP contribution in [0.25, 0.3) is 22.3 Å². The summed E-state index contributed by atoms with van der Waals surface area (Å²) >= 11 is 5.80. The van der Waals surface area contributed by atoms with Gasteiger partial charge in [0.2, 0.25) is 0 Å². The van der Waals surface area contributed by atoms with E-state index in [-0.39, 0.29) is 33.1 Å². The van der Waals surface area contributed by atoms with Crippen LogP contribution < -0.4 is 16.1 Å². The third kappa shape index (κ3) is 5.18. The van der Waals surface area contributed by atoms with Crippen LogP contribution in [0, 0.1) is 5.41 Å². The second-order valence-corrected chi connectivity index (χ2v) is 8.70. The molecule has 1 unspecified atom stereocenters. The summed E-state index contributed by atoms with van der Waals surface area (Å²) in [6.45, 7) is 1.50. The van der Waals surface area contributed by atoms with Gasteiger partial charge in [-0.15, -0.1) is 0 Å². The van der Waals surface area contributed by atoms with Crippen LogP contribution in [0.3, 0.4) is 0 Å². The highest BCUT2D eigenvalue weighted by Crippen LogP contribution is 2.37. The molecule has 38 heavy (non-hydrogen) atoms. The molecule has 2 aromatic carbocycles. The van der Waals surface area contributed by atoms with E-state index in [4.69, 9.17) is 21.4 Å². The van der Waals surface area contributed by atoms with Gasteiger partial charge in [-0.1, -0.05) is 23.7 Å². The Morgan fingerprint density at radius 3 is 2.53 bits per heavy atom. The topological polar surface area (TPSA) is 128 Å². The van der Waals surface area contributed by atoms with Crippen LogP contribution >= 0.6 is 11.6 Å². The lowest BCUT2D eigenvalue weighted by molar-refractivity contribution is -0.137. The lowest BCUT2D eigenvalue weighted by atomic mass is 9.99. The van der Waals surface area contributed by atoms with Gasteiger partial charge in [-0.3, -0.25) is 4.79 Å². The van der Waals surface area contributed by atoms with Gasteiger partial charge in [0.25, 0.3) is 0 Å². The molecule has 4 rings (SSSR count). The van der Waals surface area contributed by atoms with Crippen LogP contribution in [-0.4, -0.2) is 29.3 Å². The summed E-state index contributed by atoms with van der Waals surface area (Å²) in [4.78, 5) is 28.5. The summed E-state index contributed by atoms with van der Waals surface area (Å²) in [5, 5.41) is 22.4. The van der Waals surface area contributed by atoms with E-state index in [9.17, 15) is 27.9 Å². The van der Waals surface area contributed by atoms with E-state index in [1.165, 1.54) is 19.1 Å². The van der Waals surface area contributed by atoms with E-state index >= 15 is 0 Å². The fraction of sp³-hybridized carbons (Fsp3) is 0.154. The van der Waals surface area contributed by atoms with Gasteiger partial charge in [0.15, 0.2) is 11.1 Å². The predicted molar refractivity (Wildman–Crippen MR) is 139 cm³/mol. The lowest BCUT2D eigenvalue weighted by Crippen LogP contribution is -2.15. The minimum absolute atomic E-state index is 0.0133. The second-order valence-electron chi connectivity index (χ2n) is 8.31. The van der Waals surface area contributed by atoms with E-state index in [0.717, 1.165) is 24.4 Å². The van der Waals surface area contributed by atoms with Gasteiger partial charge in [-0.05, 0) is 37.3 Å². The number of carbonyl (C=O) groups is 1. The number of fused-ring (bicyclic) bond motifs is 1. The largest absolute Gasteiger partial charge is 0.476 e. The Balaban J connectivity index is 1.92. The van der Waals surface area contributed by atoms with Crippen LogP contribution in [0.2, 0.25) is 5.15 Å². The van der Waals surface area contributed by atoms with E-state index in [0.29, 0.717) is 16.8 Å². The van der Waals surface area contributed by atoms with E-state index in [2.05, 4.69) is 15.6 Å². The first-order valence-electron chi connectivity index (χ1n) is 11.1. The molecular weight excluding hydrogens is 525 g/mol. The van der Waals surface area contributed by atoms with Crippen LogP contribution in [-0.2, 0) is 6.18 Å². The first kappa shape index (κ1) is 26.7. The Hall–Kier alpha value is -4.38. The molecule has 0 aliphatic carbocycles. The maximum absolute atomic E-state index is 13.8. The quantitative estimate of drug-likeness (QED) is 0.156. The molecule has 0 saturated heterocycles. The number of alkyl halides is 3. The predicted octanol–water partition coefficient (Wildman–Crippen LogP) is 6.44. The smallest absolute Gasteiger partial charge is 0.416 e. The molecule has 2 aromatic heterocycles. The summed E-state index contributed by atoms with van der Waals surface area (Å²) in [6, 6.07) is 9.32. The molecule has 0 bridgehead atoms. The number of aromatic nitrogens is 1. The zero-order valence-corrected chi connectivity index (χ0v) is 20.7. The third-order valence-electron chi connectivity index (χ3n) is 5.85. The highest BCUT2D eigenvalue weighted by atomic mass is 35.5. The Bertz CT molecular complexity index is 1640. The molecule has 2 heterocycles. The molecule has 8 nitrogen and oxygen atoms in total. The summed E-state index contributed by atoms with van der Waals surface area (Å²) in [6.07, 6.45) is -3.61. The zero-order valence-electron chi connectivity index (χ0n) is 19.9. The van der Waals surface area contributed by atoms with Gasteiger partial charge in [-0.25, -0.2) is 9.78 Å². The number of halogens is 4. The van der Waals surface area contributed by atoms with Crippen LogP contribution in [0.15, 0.2) is 57.7 Å². The molecule has 12 heteroatoms. The average molecular weight is 545 g/mol.